The average Bonchev–Trinajstić information content (AvgIpc) is 2.87. The van der Waals surface area contributed by atoms with Crippen molar-refractivity contribution in [3.05, 3.63) is 42.2 Å². The molecule has 4 nitrogen and oxygen atoms in total. The van der Waals surface area contributed by atoms with Gasteiger partial charge in [-0.3, -0.25) is 14.7 Å². The number of carboxylic acid groups (broad SMARTS) is 1. The molecule has 0 amide bonds. The predicted molar refractivity (Wildman–Crippen MR) is 72.8 cm³/mol. The molecule has 19 heavy (non-hydrogen) atoms. The van der Waals surface area contributed by atoms with Crippen LogP contribution in [0.15, 0.2) is 36.7 Å². The van der Waals surface area contributed by atoms with Gasteiger partial charge in [0.25, 0.3) is 0 Å². The topological polar surface area (TPSA) is 53.4 Å². The summed E-state index contributed by atoms with van der Waals surface area (Å²) in [6, 6.07) is 7.88. The Bertz CT molecular complexity index is 612. The number of benzene rings is 1. The summed E-state index contributed by atoms with van der Waals surface area (Å²) in [6.07, 6.45) is 5.35. The number of aromatic nitrogens is 1. The Balaban J connectivity index is 1.83. The van der Waals surface area contributed by atoms with Gasteiger partial charge in [0, 0.05) is 24.3 Å². The van der Waals surface area contributed by atoms with E-state index in [4.69, 9.17) is 0 Å². The molecule has 1 atom stereocenters. The molecule has 0 aliphatic carbocycles. The zero-order valence-electron chi connectivity index (χ0n) is 10.6. The summed E-state index contributed by atoms with van der Waals surface area (Å²) in [7, 11) is 0. The van der Waals surface area contributed by atoms with E-state index in [1.165, 1.54) is 0 Å². The molecule has 3 rings (SSSR count). The van der Waals surface area contributed by atoms with Crippen LogP contribution in [0, 0.1) is 0 Å². The highest BCUT2D eigenvalue weighted by Crippen LogP contribution is 2.22. The van der Waals surface area contributed by atoms with Crippen LogP contribution < -0.4 is 0 Å². The van der Waals surface area contributed by atoms with Crippen LogP contribution in [0.1, 0.15) is 18.4 Å². The fourth-order valence-electron chi connectivity index (χ4n) is 2.76. The lowest BCUT2D eigenvalue weighted by Crippen LogP contribution is -2.35. The minimum Gasteiger partial charge on any atom is -0.480 e. The molecule has 1 N–H and O–H groups in total. The quantitative estimate of drug-likeness (QED) is 0.915. The fraction of sp³-hybridized carbons (Fsp3) is 0.333. The monoisotopic (exact) mass is 256 g/mol. The molecule has 1 aliphatic heterocycles. The highest BCUT2D eigenvalue weighted by Gasteiger charge is 2.30. The van der Waals surface area contributed by atoms with Crippen LogP contribution in [0.3, 0.4) is 0 Å². The second kappa shape index (κ2) is 4.97. The first-order valence-corrected chi connectivity index (χ1v) is 6.53. The highest BCUT2D eigenvalue weighted by atomic mass is 16.4. The summed E-state index contributed by atoms with van der Waals surface area (Å²) >= 11 is 0. The molecule has 4 heteroatoms. The fourth-order valence-corrected chi connectivity index (χ4v) is 2.76. The van der Waals surface area contributed by atoms with Gasteiger partial charge < -0.3 is 5.11 Å². The van der Waals surface area contributed by atoms with Gasteiger partial charge in [0.1, 0.15) is 6.04 Å². The van der Waals surface area contributed by atoms with Crippen molar-refractivity contribution in [2.24, 2.45) is 0 Å². The van der Waals surface area contributed by atoms with Crippen molar-refractivity contribution < 1.29 is 9.90 Å². The maximum Gasteiger partial charge on any atom is 0.320 e. The van der Waals surface area contributed by atoms with E-state index in [1.54, 1.807) is 6.20 Å². The van der Waals surface area contributed by atoms with E-state index in [0.717, 1.165) is 35.7 Å². The van der Waals surface area contributed by atoms with Gasteiger partial charge in [0.15, 0.2) is 0 Å². The van der Waals surface area contributed by atoms with Crippen molar-refractivity contribution in [3.63, 3.8) is 0 Å². The number of pyridine rings is 1. The van der Waals surface area contributed by atoms with Gasteiger partial charge in [-0.2, -0.15) is 0 Å². The summed E-state index contributed by atoms with van der Waals surface area (Å²) in [5, 5.41) is 11.4. The van der Waals surface area contributed by atoms with Crippen molar-refractivity contribution in [2.45, 2.75) is 25.4 Å². The summed E-state index contributed by atoms with van der Waals surface area (Å²) in [5.74, 6) is -0.706. The number of hydrogen-bond acceptors (Lipinski definition) is 3. The lowest BCUT2D eigenvalue weighted by Gasteiger charge is -2.21. The van der Waals surface area contributed by atoms with Crippen LogP contribution in [0.2, 0.25) is 0 Å². The SMILES string of the molecule is O=C(O)C1CCCN1Cc1ccc2cnccc2c1. The van der Waals surface area contributed by atoms with Gasteiger partial charge >= 0.3 is 5.97 Å². The number of carbonyl (C=O) groups is 1. The molecular formula is C15H16N2O2. The maximum atomic E-state index is 11.2. The first kappa shape index (κ1) is 12.1. The molecule has 2 aromatic rings. The minimum atomic E-state index is -0.706. The van der Waals surface area contributed by atoms with Crippen LogP contribution in [0.5, 0.6) is 0 Å². The summed E-state index contributed by atoms with van der Waals surface area (Å²) < 4.78 is 0. The van der Waals surface area contributed by atoms with E-state index in [0.29, 0.717) is 6.54 Å². The van der Waals surface area contributed by atoms with Crippen LogP contribution in [-0.2, 0) is 11.3 Å². The molecule has 1 saturated heterocycles. The standard InChI is InChI=1S/C15H16N2O2/c18-15(19)14-2-1-7-17(14)10-11-3-4-13-9-16-6-5-12(13)8-11/h3-6,8-9,14H,1-2,7,10H2,(H,18,19). The molecule has 1 aromatic heterocycles. The molecule has 98 valence electrons. The Kier molecular flexibility index (Phi) is 3.17. The van der Waals surface area contributed by atoms with Crippen LogP contribution in [-0.4, -0.2) is 33.5 Å². The van der Waals surface area contributed by atoms with Gasteiger partial charge in [0.05, 0.1) is 0 Å². The lowest BCUT2D eigenvalue weighted by molar-refractivity contribution is -0.142. The van der Waals surface area contributed by atoms with E-state index < -0.39 is 5.97 Å². The van der Waals surface area contributed by atoms with E-state index in [2.05, 4.69) is 17.1 Å². The number of likely N-dealkylation sites (tertiary alicyclic amines) is 1. The predicted octanol–water partition coefficient (Wildman–Crippen LogP) is 2.28. The molecule has 0 spiro atoms. The number of rotatable bonds is 3. The van der Waals surface area contributed by atoms with Crippen LogP contribution >= 0.6 is 0 Å². The Labute approximate surface area is 111 Å². The third kappa shape index (κ3) is 2.44. The maximum absolute atomic E-state index is 11.2. The lowest BCUT2D eigenvalue weighted by atomic mass is 10.1. The van der Waals surface area contributed by atoms with Crippen molar-refractivity contribution in [3.8, 4) is 0 Å². The molecule has 0 saturated carbocycles. The van der Waals surface area contributed by atoms with Crippen LogP contribution in [0.4, 0.5) is 0 Å². The Morgan fingerprint density at radius 3 is 3.11 bits per heavy atom. The molecule has 1 fully saturated rings. The third-order valence-electron chi connectivity index (χ3n) is 3.74. The summed E-state index contributed by atoms with van der Waals surface area (Å²) in [5.41, 5.74) is 1.16. The summed E-state index contributed by atoms with van der Waals surface area (Å²) in [6.45, 7) is 1.57. The van der Waals surface area contributed by atoms with E-state index in [-0.39, 0.29) is 6.04 Å². The zero-order chi connectivity index (χ0) is 13.2. The second-order valence-corrected chi connectivity index (χ2v) is 5.02. The van der Waals surface area contributed by atoms with E-state index in [1.807, 2.05) is 23.2 Å². The van der Waals surface area contributed by atoms with E-state index in [9.17, 15) is 9.90 Å². The van der Waals surface area contributed by atoms with Gasteiger partial charge in [-0.05, 0) is 42.5 Å². The molecular weight excluding hydrogens is 240 g/mol. The molecule has 2 heterocycles. The molecule has 0 bridgehead atoms. The minimum absolute atomic E-state index is 0.326. The first-order chi connectivity index (χ1) is 9.24. The molecule has 0 radical (unpaired) electrons. The largest absolute Gasteiger partial charge is 0.480 e. The molecule has 1 unspecified atom stereocenters. The highest BCUT2D eigenvalue weighted by molar-refractivity contribution is 5.82. The number of fused-ring (bicyclic) bond motifs is 1. The smallest absolute Gasteiger partial charge is 0.320 e. The number of hydrogen-bond donors (Lipinski definition) is 1. The second-order valence-electron chi connectivity index (χ2n) is 5.02. The number of nitrogens with zero attached hydrogens (tertiary/aromatic N) is 2. The van der Waals surface area contributed by atoms with Gasteiger partial charge in [0.2, 0.25) is 0 Å². The Hall–Kier alpha value is -1.94. The zero-order valence-corrected chi connectivity index (χ0v) is 10.6. The number of aliphatic carboxylic acids is 1. The Morgan fingerprint density at radius 1 is 1.37 bits per heavy atom. The normalized spacial score (nSPS) is 19.9. The average molecular weight is 256 g/mol. The molecule has 1 aromatic carbocycles. The third-order valence-corrected chi connectivity index (χ3v) is 3.74. The van der Waals surface area contributed by atoms with Crippen molar-refractivity contribution >= 4 is 16.7 Å². The molecule has 1 aliphatic rings. The summed E-state index contributed by atoms with van der Waals surface area (Å²) in [4.78, 5) is 17.3. The Morgan fingerprint density at radius 2 is 2.26 bits per heavy atom. The van der Waals surface area contributed by atoms with Gasteiger partial charge in [-0.15, -0.1) is 0 Å². The van der Waals surface area contributed by atoms with Gasteiger partial charge in [-0.1, -0.05) is 12.1 Å². The first-order valence-electron chi connectivity index (χ1n) is 6.53. The number of carboxylic acids is 1. The van der Waals surface area contributed by atoms with E-state index >= 15 is 0 Å². The van der Waals surface area contributed by atoms with Crippen molar-refractivity contribution in [2.75, 3.05) is 6.54 Å². The van der Waals surface area contributed by atoms with Crippen LogP contribution in [0.25, 0.3) is 10.8 Å². The van der Waals surface area contributed by atoms with Crippen molar-refractivity contribution in [1.82, 2.24) is 9.88 Å². The van der Waals surface area contributed by atoms with Crippen molar-refractivity contribution in [1.29, 1.82) is 0 Å². The van der Waals surface area contributed by atoms with Gasteiger partial charge in [-0.25, -0.2) is 0 Å².